The Labute approximate surface area is 112 Å². The van der Waals surface area contributed by atoms with Gasteiger partial charge >= 0.3 is 5.97 Å². The van der Waals surface area contributed by atoms with Crippen molar-refractivity contribution in [3.63, 3.8) is 0 Å². The van der Waals surface area contributed by atoms with Crippen LogP contribution in [0.15, 0.2) is 5.38 Å². The summed E-state index contributed by atoms with van der Waals surface area (Å²) in [4.78, 5) is 15.3. The molecular formula is C12H20N2O3S. The van der Waals surface area contributed by atoms with E-state index in [-0.39, 0.29) is 0 Å². The third kappa shape index (κ3) is 5.46. The third-order valence-corrected chi connectivity index (χ3v) is 3.08. The molecule has 0 aliphatic heterocycles. The minimum absolute atomic E-state index is 0.351. The van der Waals surface area contributed by atoms with Crippen LogP contribution in [0.25, 0.3) is 0 Å². The maximum atomic E-state index is 11.2. The lowest BCUT2D eigenvalue weighted by Gasteiger charge is -2.04. The van der Waals surface area contributed by atoms with Crippen molar-refractivity contribution in [1.29, 1.82) is 0 Å². The summed E-state index contributed by atoms with van der Waals surface area (Å²) in [6.45, 7) is 4.52. The van der Waals surface area contributed by atoms with Gasteiger partial charge in [-0.3, -0.25) is 0 Å². The van der Waals surface area contributed by atoms with Gasteiger partial charge in [-0.2, -0.15) is 0 Å². The van der Waals surface area contributed by atoms with Gasteiger partial charge in [0.15, 0.2) is 10.8 Å². The molecule has 0 aliphatic carbocycles. The zero-order valence-electron chi connectivity index (χ0n) is 10.9. The van der Waals surface area contributed by atoms with E-state index in [1.165, 1.54) is 18.4 Å². The molecule has 0 unspecified atom stereocenters. The van der Waals surface area contributed by atoms with E-state index >= 15 is 0 Å². The number of hydrogen-bond donors (Lipinski definition) is 1. The van der Waals surface area contributed by atoms with Gasteiger partial charge in [0.25, 0.3) is 0 Å². The summed E-state index contributed by atoms with van der Waals surface area (Å²) in [7, 11) is 1.35. The standard InChI is InChI=1S/C12H20N2O3S/c1-3-4-7-17-8-5-6-13-12-14-10(9-18-12)11(15)16-2/h9H,3-8H2,1-2H3,(H,13,14). The fourth-order valence-corrected chi connectivity index (χ4v) is 1.98. The number of thiazole rings is 1. The molecule has 0 spiro atoms. The van der Waals surface area contributed by atoms with Crippen molar-refractivity contribution in [1.82, 2.24) is 4.98 Å². The van der Waals surface area contributed by atoms with Crippen LogP contribution in [0, 0.1) is 0 Å². The largest absolute Gasteiger partial charge is 0.464 e. The van der Waals surface area contributed by atoms with E-state index in [0.717, 1.165) is 44.2 Å². The molecule has 6 heteroatoms. The number of rotatable bonds is 9. The summed E-state index contributed by atoms with van der Waals surface area (Å²) >= 11 is 1.40. The molecule has 1 aromatic rings. The molecule has 1 rings (SSSR count). The quantitative estimate of drug-likeness (QED) is 0.553. The highest BCUT2D eigenvalue weighted by molar-refractivity contribution is 7.13. The highest BCUT2D eigenvalue weighted by Crippen LogP contribution is 2.15. The van der Waals surface area contributed by atoms with Gasteiger partial charge in [-0.05, 0) is 12.8 Å². The van der Waals surface area contributed by atoms with Crippen molar-refractivity contribution in [2.75, 3.05) is 32.2 Å². The zero-order chi connectivity index (χ0) is 13.2. The highest BCUT2D eigenvalue weighted by atomic mass is 32.1. The molecule has 0 aromatic carbocycles. The number of nitrogens with one attached hydrogen (secondary N) is 1. The predicted molar refractivity (Wildman–Crippen MR) is 72.3 cm³/mol. The topological polar surface area (TPSA) is 60.5 Å². The second kappa shape index (κ2) is 8.88. The Morgan fingerprint density at radius 2 is 2.22 bits per heavy atom. The molecule has 0 amide bonds. The molecule has 0 atom stereocenters. The van der Waals surface area contributed by atoms with Crippen LogP contribution >= 0.6 is 11.3 Å². The second-order valence-corrected chi connectivity index (χ2v) is 4.63. The summed E-state index contributed by atoms with van der Waals surface area (Å²) in [6, 6.07) is 0. The van der Waals surface area contributed by atoms with Crippen molar-refractivity contribution < 1.29 is 14.3 Å². The molecule has 102 valence electrons. The lowest BCUT2D eigenvalue weighted by molar-refractivity contribution is 0.0595. The lowest BCUT2D eigenvalue weighted by Crippen LogP contribution is -2.07. The van der Waals surface area contributed by atoms with Crippen LogP contribution in [0.5, 0.6) is 0 Å². The number of methoxy groups -OCH3 is 1. The van der Waals surface area contributed by atoms with E-state index in [1.54, 1.807) is 5.38 Å². The molecule has 0 saturated heterocycles. The lowest BCUT2D eigenvalue weighted by atomic mass is 10.4. The molecule has 0 saturated carbocycles. The average molecular weight is 272 g/mol. The summed E-state index contributed by atoms with van der Waals surface area (Å²) in [6.07, 6.45) is 3.20. The van der Waals surface area contributed by atoms with Gasteiger partial charge in [0.1, 0.15) is 0 Å². The molecule has 1 aromatic heterocycles. The number of esters is 1. The second-order valence-electron chi connectivity index (χ2n) is 3.78. The Bertz CT molecular complexity index is 355. The normalized spacial score (nSPS) is 10.3. The number of anilines is 1. The Kier molecular flexibility index (Phi) is 7.36. The first kappa shape index (κ1) is 14.9. The van der Waals surface area contributed by atoms with Crippen LogP contribution in [0.2, 0.25) is 0 Å². The minimum Gasteiger partial charge on any atom is -0.464 e. The van der Waals surface area contributed by atoms with Crippen LogP contribution in [0.3, 0.4) is 0 Å². The molecule has 0 bridgehead atoms. The van der Waals surface area contributed by atoms with Crippen LogP contribution in [0.1, 0.15) is 36.7 Å². The first-order valence-corrected chi connectivity index (χ1v) is 7.01. The minimum atomic E-state index is -0.401. The van der Waals surface area contributed by atoms with Gasteiger partial charge < -0.3 is 14.8 Å². The molecule has 0 fully saturated rings. The van der Waals surface area contributed by atoms with Crippen molar-refractivity contribution in [2.45, 2.75) is 26.2 Å². The SMILES string of the molecule is CCCCOCCCNc1nc(C(=O)OC)cs1. The van der Waals surface area contributed by atoms with Crippen LogP contribution in [-0.2, 0) is 9.47 Å². The number of carbonyl (C=O) groups is 1. The molecule has 0 aliphatic rings. The van der Waals surface area contributed by atoms with Crippen LogP contribution in [-0.4, -0.2) is 37.8 Å². The van der Waals surface area contributed by atoms with Crippen LogP contribution in [0.4, 0.5) is 5.13 Å². The Morgan fingerprint density at radius 1 is 1.44 bits per heavy atom. The molecule has 18 heavy (non-hydrogen) atoms. The Hall–Kier alpha value is -1.14. The van der Waals surface area contributed by atoms with E-state index in [9.17, 15) is 4.79 Å². The maximum Gasteiger partial charge on any atom is 0.357 e. The maximum absolute atomic E-state index is 11.2. The van der Waals surface area contributed by atoms with Crippen molar-refractivity contribution in [3.8, 4) is 0 Å². The summed E-state index contributed by atoms with van der Waals surface area (Å²) in [5, 5.41) is 5.58. The molecule has 1 N–H and O–H groups in total. The summed E-state index contributed by atoms with van der Waals surface area (Å²) in [5.74, 6) is -0.401. The number of hydrogen-bond acceptors (Lipinski definition) is 6. The molecular weight excluding hydrogens is 252 g/mol. The Morgan fingerprint density at radius 3 is 2.94 bits per heavy atom. The van der Waals surface area contributed by atoms with Crippen LogP contribution < -0.4 is 5.32 Å². The first-order chi connectivity index (χ1) is 8.77. The fraction of sp³-hybridized carbons (Fsp3) is 0.667. The van der Waals surface area contributed by atoms with Gasteiger partial charge in [-0.1, -0.05) is 13.3 Å². The smallest absolute Gasteiger partial charge is 0.357 e. The fourth-order valence-electron chi connectivity index (χ4n) is 1.27. The van der Waals surface area contributed by atoms with E-state index in [0.29, 0.717) is 5.69 Å². The number of nitrogens with zero attached hydrogens (tertiary/aromatic N) is 1. The van der Waals surface area contributed by atoms with Gasteiger partial charge in [0, 0.05) is 25.1 Å². The summed E-state index contributed by atoms with van der Waals surface area (Å²) in [5.41, 5.74) is 0.351. The van der Waals surface area contributed by atoms with E-state index in [2.05, 4.69) is 22.0 Å². The first-order valence-electron chi connectivity index (χ1n) is 6.13. The zero-order valence-corrected chi connectivity index (χ0v) is 11.7. The van der Waals surface area contributed by atoms with E-state index in [1.807, 2.05) is 0 Å². The number of carbonyl (C=O) groups excluding carboxylic acids is 1. The van der Waals surface area contributed by atoms with E-state index < -0.39 is 5.97 Å². The monoisotopic (exact) mass is 272 g/mol. The van der Waals surface area contributed by atoms with Crippen molar-refractivity contribution in [3.05, 3.63) is 11.1 Å². The van der Waals surface area contributed by atoms with Crippen molar-refractivity contribution in [2.24, 2.45) is 0 Å². The van der Waals surface area contributed by atoms with Gasteiger partial charge in [-0.15, -0.1) is 11.3 Å². The van der Waals surface area contributed by atoms with Gasteiger partial charge in [0.2, 0.25) is 0 Å². The van der Waals surface area contributed by atoms with Gasteiger partial charge in [-0.25, -0.2) is 9.78 Å². The van der Waals surface area contributed by atoms with E-state index in [4.69, 9.17) is 4.74 Å². The number of ether oxygens (including phenoxy) is 2. The molecule has 0 radical (unpaired) electrons. The van der Waals surface area contributed by atoms with Crippen molar-refractivity contribution >= 4 is 22.4 Å². The number of aromatic nitrogens is 1. The summed E-state index contributed by atoms with van der Waals surface area (Å²) < 4.78 is 10.0. The Balaban J connectivity index is 2.12. The third-order valence-electron chi connectivity index (χ3n) is 2.28. The molecule has 1 heterocycles. The van der Waals surface area contributed by atoms with Gasteiger partial charge in [0.05, 0.1) is 7.11 Å². The average Bonchev–Trinajstić information content (AvgIpc) is 2.85. The molecule has 5 nitrogen and oxygen atoms in total. The highest BCUT2D eigenvalue weighted by Gasteiger charge is 2.09. The predicted octanol–water partition coefficient (Wildman–Crippen LogP) is 2.55. The number of unbranched alkanes of at least 4 members (excludes halogenated alkanes) is 1.